The number of rotatable bonds is 8. The monoisotopic (exact) mass is 641 g/mol. The summed E-state index contributed by atoms with van der Waals surface area (Å²) >= 11 is 0. The van der Waals surface area contributed by atoms with Crippen LogP contribution in [0.1, 0.15) is 43.0 Å². The van der Waals surface area contributed by atoms with E-state index in [1.54, 1.807) is 0 Å². The Labute approximate surface area is 270 Å². The van der Waals surface area contributed by atoms with Gasteiger partial charge in [-0.15, -0.1) is 0 Å². The first-order chi connectivity index (χ1) is 20.9. The summed E-state index contributed by atoms with van der Waals surface area (Å²) in [6, 6.07) is 45.0. The summed E-state index contributed by atoms with van der Waals surface area (Å²) < 4.78 is 15.3. The molecule has 1 heterocycles. The van der Waals surface area contributed by atoms with Gasteiger partial charge in [0.2, 0.25) is 5.69 Å². The number of halogens is 1. The van der Waals surface area contributed by atoms with E-state index in [1.807, 2.05) is 6.07 Å². The fourth-order valence-electron chi connectivity index (χ4n) is 6.22. The fourth-order valence-corrected chi connectivity index (χ4v) is 6.22. The normalized spacial score (nSPS) is 13.5. The smallest absolute Gasteiger partial charge is 0.209 e. The number of ether oxygens (including phenoxy) is 2. The van der Waals surface area contributed by atoms with Crippen LogP contribution in [0.25, 0.3) is 21.5 Å². The number of hydrogen-bond acceptors (Lipinski definition) is 2. The van der Waals surface area contributed by atoms with Crippen LogP contribution in [0.4, 0.5) is 5.69 Å². The van der Waals surface area contributed by atoms with Gasteiger partial charge < -0.3 is 26.5 Å². The van der Waals surface area contributed by atoms with Crippen molar-refractivity contribution in [2.75, 3.05) is 0 Å². The summed E-state index contributed by atoms with van der Waals surface area (Å²) in [7, 11) is 0. The number of fused-ring (bicyclic) bond motifs is 3. The Morgan fingerprint density at radius 2 is 1.05 bits per heavy atom. The molecule has 0 unspecified atom stereocenters. The number of nitrogens with zero attached hydrogens (tertiary/aromatic N) is 1. The first-order valence-electron chi connectivity index (χ1n) is 15.0. The number of hydrogen-bond donors (Lipinski definition) is 0. The van der Waals surface area contributed by atoms with E-state index in [0.29, 0.717) is 13.2 Å². The standard InChI is InChI=1S/C40H36NO2.BrH/c1-28-40(2,3)38-14-8-9-15-39(38)41(28)25-31-22-36(42-26-29-16-18-32-10-4-6-12-34(32)20-29)24-37(23-31)43-27-30-17-19-33-11-5-7-13-35(33)21-30;/h4-24H,25-27H2,1-3H3;1H/q+1;/p-1. The molecule has 0 bridgehead atoms. The van der Waals surface area contributed by atoms with Crippen LogP contribution in [0, 0.1) is 0 Å². The predicted molar refractivity (Wildman–Crippen MR) is 177 cm³/mol. The zero-order chi connectivity index (χ0) is 29.4. The van der Waals surface area contributed by atoms with Gasteiger partial charge in [-0.3, -0.25) is 0 Å². The zero-order valence-corrected chi connectivity index (χ0v) is 27.0. The van der Waals surface area contributed by atoms with Gasteiger partial charge in [-0.2, -0.15) is 4.58 Å². The zero-order valence-electron chi connectivity index (χ0n) is 25.4. The van der Waals surface area contributed by atoms with Gasteiger partial charge in [-0.25, -0.2) is 0 Å². The van der Waals surface area contributed by atoms with Crippen LogP contribution < -0.4 is 26.5 Å². The van der Waals surface area contributed by atoms with Gasteiger partial charge >= 0.3 is 0 Å². The Morgan fingerprint density at radius 3 is 1.61 bits per heavy atom. The molecule has 44 heavy (non-hydrogen) atoms. The van der Waals surface area contributed by atoms with Crippen molar-refractivity contribution >= 4 is 32.9 Å². The third-order valence-electron chi connectivity index (χ3n) is 8.90. The first-order valence-corrected chi connectivity index (χ1v) is 15.0. The van der Waals surface area contributed by atoms with E-state index in [1.165, 1.54) is 38.5 Å². The summed E-state index contributed by atoms with van der Waals surface area (Å²) in [5, 5.41) is 4.91. The molecule has 0 N–H and O–H groups in total. The van der Waals surface area contributed by atoms with Crippen molar-refractivity contribution < 1.29 is 31.0 Å². The second-order valence-corrected chi connectivity index (χ2v) is 12.1. The van der Waals surface area contributed by atoms with Crippen LogP contribution in [-0.4, -0.2) is 10.3 Å². The molecule has 0 radical (unpaired) electrons. The van der Waals surface area contributed by atoms with Crippen LogP contribution in [0.3, 0.4) is 0 Å². The minimum atomic E-state index is -0.0177. The first kappa shape index (κ1) is 29.7. The maximum atomic E-state index is 6.43. The van der Waals surface area contributed by atoms with Crippen molar-refractivity contribution in [3.8, 4) is 11.5 Å². The van der Waals surface area contributed by atoms with Crippen molar-refractivity contribution in [3.05, 3.63) is 150 Å². The molecule has 0 atom stereocenters. The lowest BCUT2D eigenvalue weighted by atomic mass is 9.82. The lowest BCUT2D eigenvalue weighted by molar-refractivity contribution is -0.456. The summed E-state index contributed by atoms with van der Waals surface area (Å²) in [6.45, 7) is 8.58. The minimum absolute atomic E-state index is 0. The second-order valence-electron chi connectivity index (χ2n) is 12.1. The molecule has 0 saturated carbocycles. The lowest BCUT2D eigenvalue weighted by Gasteiger charge is -2.14. The van der Waals surface area contributed by atoms with Crippen molar-refractivity contribution in [1.82, 2.24) is 0 Å². The van der Waals surface area contributed by atoms with E-state index in [0.717, 1.165) is 34.7 Å². The molecule has 7 rings (SSSR count). The van der Waals surface area contributed by atoms with Gasteiger partial charge in [-0.1, -0.05) is 91.0 Å². The fraction of sp³-hybridized carbons (Fsp3) is 0.175. The van der Waals surface area contributed by atoms with Gasteiger partial charge in [0.1, 0.15) is 24.7 Å². The van der Waals surface area contributed by atoms with Gasteiger partial charge in [0.25, 0.3) is 0 Å². The molecule has 0 spiro atoms. The predicted octanol–water partition coefficient (Wildman–Crippen LogP) is 6.75. The maximum Gasteiger partial charge on any atom is 0.209 e. The SMILES string of the molecule is CC1=[N+](Cc2cc(OCc3ccc4ccccc4c3)cc(OCc3ccc4ccccc4c3)c2)c2ccccc2C1(C)C.[Br-]. The molecule has 0 fully saturated rings. The molecule has 220 valence electrons. The number of para-hydroxylation sites is 1. The van der Waals surface area contributed by atoms with Gasteiger partial charge in [0, 0.05) is 30.2 Å². The van der Waals surface area contributed by atoms with Gasteiger partial charge in [-0.05, 0) is 70.8 Å². The van der Waals surface area contributed by atoms with Gasteiger partial charge in [0.15, 0.2) is 12.3 Å². The molecule has 4 heteroatoms. The van der Waals surface area contributed by atoms with E-state index in [9.17, 15) is 0 Å². The van der Waals surface area contributed by atoms with Crippen LogP contribution in [0.2, 0.25) is 0 Å². The highest BCUT2D eigenvalue weighted by molar-refractivity contribution is 5.93. The van der Waals surface area contributed by atoms with Crippen molar-refractivity contribution in [2.45, 2.75) is 45.9 Å². The average Bonchev–Trinajstić information content (AvgIpc) is 3.23. The average molecular weight is 643 g/mol. The molecule has 6 aromatic rings. The van der Waals surface area contributed by atoms with E-state index in [2.05, 4.69) is 147 Å². The summed E-state index contributed by atoms with van der Waals surface area (Å²) in [5.41, 5.74) is 7.39. The Hall–Kier alpha value is -4.41. The molecule has 0 saturated heterocycles. The quantitative estimate of drug-likeness (QED) is 0.172. The molecule has 6 aromatic carbocycles. The second kappa shape index (κ2) is 12.3. The highest BCUT2D eigenvalue weighted by Gasteiger charge is 2.42. The molecule has 0 aromatic heterocycles. The summed E-state index contributed by atoms with van der Waals surface area (Å²) in [5.74, 6) is 1.62. The molecule has 0 aliphatic carbocycles. The van der Waals surface area contributed by atoms with Crippen molar-refractivity contribution in [3.63, 3.8) is 0 Å². The highest BCUT2D eigenvalue weighted by atomic mass is 79.9. The summed E-state index contributed by atoms with van der Waals surface area (Å²) in [4.78, 5) is 0. The number of benzene rings is 6. The van der Waals surface area contributed by atoms with Crippen LogP contribution >= 0.6 is 0 Å². The Morgan fingerprint density at radius 1 is 0.545 bits per heavy atom. The maximum absolute atomic E-state index is 6.43. The molecular weight excluding hydrogens is 606 g/mol. The van der Waals surface area contributed by atoms with Crippen LogP contribution in [0.5, 0.6) is 11.5 Å². The molecule has 1 aliphatic rings. The van der Waals surface area contributed by atoms with Crippen molar-refractivity contribution in [1.29, 1.82) is 0 Å². The molecular formula is C40H36BrNO2. The largest absolute Gasteiger partial charge is 1.00 e. The minimum Gasteiger partial charge on any atom is -1.00 e. The van der Waals surface area contributed by atoms with E-state index in [-0.39, 0.29) is 22.4 Å². The van der Waals surface area contributed by atoms with Crippen LogP contribution in [0.15, 0.2) is 127 Å². The van der Waals surface area contributed by atoms with Crippen molar-refractivity contribution in [2.24, 2.45) is 0 Å². The molecule has 3 nitrogen and oxygen atoms in total. The van der Waals surface area contributed by atoms with Gasteiger partial charge in [0.05, 0.1) is 5.41 Å². The third kappa shape index (κ3) is 5.87. The Kier molecular flexibility index (Phi) is 8.29. The van der Waals surface area contributed by atoms with E-state index in [4.69, 9.17) is 9.47 Å². The third-order valence-corrected chi connectivity index (χ3v) is 8.90. The Bertz CT molecular complexity index is 1910. The topological polar surface area (TPSA) is 21.5 Å². The Balaban J connectivity index is 0.00000343. The highest BCUT2D eigenvalue weighted by Crippen LogP contribution is 2.40. The lowest BCUT2D eigenvalue weighted by Crippen LogP contribution is -3.00. The summed E-state index contributed by atoms with van der Waals surface area (Å²) in [6.07, 6.45) is 0. The van der Waals surface area contributed by atoms with E-state index < -0.39 is 0 Å². The van der Waals surface area contributed by atoms with E-state index >= 15 is 0 Å². The molecule has 1 aliphatic heterocycles. The van der Waals surface area contributed by atoms with Crippen LogP contribution in [-0.2, 0) is 25.2 Å². The molecule has 0 amide bonds.